The number of aliphatic hydroxyl groups is 2. The van der Waals surface area contributed by atoms with Gasteiger partial charge in [0.05, 0.1) is 19.3 Å². The van der Waals surface area contributed by atoms with Crippen LogP contribution in [0.25, 0.3) is 11.1 Å². The molecule has 6 nitrogen and oxygen atoms in total. The molecule has 0 saturated carbocycles. The Hall–Kier alpha value is -2.44. The fourth-order valence-corrected chi connectivity index (χ4v) is 2.32. The number of pyridine rings is 1. The summed E-state index contributed by atoms with van der Waals surface area (Å²) in [7, 11) is 1.38. The largest absolute Gasteiger partial charge is 0.465 e. The number of hydrogen-bond acceptors (Lipinski definition) is 4. The Labute approximate surface area is 128 Å². The van der Waals surface area contributed by atoms with E-state index in [1.54, 1.807) is 30.6 Å². The predicted octanol–water partition coefficient (Wildman–Crippen LogP) is 1.88. The first-order valence-electron chi connectivity index (χ1n) is 6.79. The van der Waals surface area contributed by atoms with Gasteiger partial charge >= 0.3 is 6.09 Å². The molecule has 116 valence electrons. The summed E-state index contributed by atoms with van der Waals surface area (Å²) in [5, 5.41) is 28.9. The van der Waals surface area contributed by atoms with E-state index < -0.39 is 12.2 Å². The zero-order valence-electron chi connectivity index (χ0n) is 12.2. The Kier molecular flexibility index (Phi) is 5.08. The zero-order valence-corrected chi connectivity index (χ0v) is 12.2. The average molecular weight is 302 g/mol. The number of nitrogens with zero attached hydrogens (tertiary/aromatic N) is 2. The minimum Gasteiger partial charge on any atom is -0.465 e. The van der Waals surface area contributed by atoms with Gasteiger partial charge in [-0.05, 0) is 22.8 Å². The maximum atomic E-state index is 10.9. The molecule has 3 N–H and O–H groups in total. The summed E-state index contributed by atoms with van der Waals surface area (Å²) in [6.45, 7) is -0.326. The molecule has 0 saturated heterocycles. The number of amides is 1. The lowest BCUT2D eigenvalue weighted by molar-refractivity contribution is 0.107. The second-order valence-corrected chi connectivity index (χ2v) is 4.95. The lowest BCUT2D eigenvalue weighted by Gasteiger charge is -2.21. The molecule has 0 aliphatic heterocycles. The lowest BCUT2D eigenvalue weighted by Crippen LogP contribution is -2.29. The van der Waals surface area contributed by atoms with Crippen LogP contribution in [-0.4, -0.2) is 44.9 Å². The number of benzene rings is 1. The average Bonchev–Trinajstić information content (AvgIpc) is 2.54. The number of aliphatic hydroxyl groups excluding tert-OH is 2. The Morgan fingerprint density at radius 1 is 1.32 bits per heavy atom. The molecule has 22 heavy (non-hydrogen) atoms. The summed E-state index contributed by atoms with van der Waals surface area (Å²) >= 11 is 0. The van der Waals surface area contributed by atoms with Crippen molar-refractivity contribution in [1.29, 1.82) is 0 Å². The van der Waals surface area contributed by atoms with Crippen molar-refractivity contribution in [3.8, 4) is 11.1 Å². The second-order valence-electron chi connectivity index (χ2n) is 4.95. The third-order valence-electron chi connectivity index (χ3n) is 3.48. The summed E-state index contributed by atoms with van der Waals surface area (Å²) in [4.78, 5) is 15.9. The van der Waals surface area contributed by atoms with E-state index in [2.05, 4.69) is 4.98 Å². The molecule has 1 aromatic carbocycles. The molecule has 0 fully saturated rings. The molecule has 0 aliphatic rings. The predicted molar refractivity (Wildman–Crippen MR) is 81.2 cm³/mol. The first-order valence-corrected chi connectivity index (χ1v) is 6.79. The van der Waals surface area contributed by atoms with Gasteiger partial charge < -0.3 is 20.2 Å². The highest BCUT2D eigenvalue weighted by atomic mass is 16.4. The van der Waals surface area contributed by atoms with Crippen molar-refractivity contribution < 1.29 is 20.1 Å². The molecule has 0 spiro atoms. The van der Waals surface area contributed by atoms with Crippen molar-refractivity contribution in [2.24, 2.45) is 0 Å². The van der Waals surface area contributed by atoms with Crippen LogP contribution in [0.15, 0.2) is 42.7 Å². The summed E-state index contributed by atoms with van der Waals surface area (Å²) in [6.07, 6.45) is 1.20. The van der Waals surface area contributed by atoms with Gasteiger partial charge in [-0.2, -0.15) is 0 Å². The standard InChI is InChI=1S/C16H18N2O4/c1-18(16(21)22)9-15(20)13-6-2-5-12(14(13)10-19)11-4-3-7-17-8-11/h2-8,15,19-20H,9-10H2,1H3,(H,21,22). The molecule has 0 bridgehead atoms. The van der Waals surface area contributed by atoms with E-state index in [9.17, 15) is 15.0 Å². The van der Waals surface area contributed by atoms with Crippen LogP contribution in [0.1, 0.15) is 17.2 Å². The molecule has 0 aliphatic carbocycles. The third kappa shape index (κ3) is 3.41. The van der Waals surface area contributed by atoms with Gasteiger partial charge in [-0.15, -0.1) is 0 Å². The van der Waals surface area contributed by atoms with E-state index in [4.69, 9.17) is 5.11 Å². The molecule has 1 aromatic heterocycles. The number of carboxylic acid groups (broad SMARTS) is 1. The van der Waals surface area contributed by atoms with Gasteiger partial charge in [0.25, 0.3) is 0 Å². The molecule has 2 rings (SSSR count). The second kappa shape index (κ2) is 7.02. The minimum absolute atomic E-state index is 0.0706. The molecule has 1 unspecified atom stereocenters. The van der Waals surface area contributed by atoms with E-state index in [1.807, 2.05) is 12.1 Å². The van der Waals surface area contributed by atoms with Gasteiger partial charge in [0.15, 0.2) is 0 Å². The number of carbonyl (C=O) groups is 1. The van der Waals surface area contributed by atoms with Gasteiger partial charge in [0.1, 0.15) is 0 Å². The molecular weight excluding hydrogens is 284 g/mol. The van der Waals surface area contributed by atoms with Crippen LogP contribution in [-0.2, 0) is 6.61 Å². The topological polar surface area (TPSA) is 93.9 Å². The summed E-state index contributed by atoms with van der Waals surface area (Å²) in [5.41, 5.74) is 2.68. The van der Waals surface area contributed by atoms with Crippen LogP contribution in [0, 0.1) is 0 Å². The lowest BCUT2D eigenvalue weighted by atomic mass is 9.94. The van der Waals surface area contributed by atoms with Gasteiger partial charge in [0, 0.05) is 25.0 Å². The third-order valence-corrected chi connectivity index (χ3v) is 3.48. The number of hydrogen-bond donors (Lipinski definition) is 3. The van der Waals surface area contributed by atoms with Crippen LogP contribution < -0.4 is 0 Å². The molecule has 1 amide bonds. The molecule has 1 heterocycles. The monoisotopic (exact) mass is 302 g/mol. The van der Waals surface area contributed by atoms with Crippen molar-refractivity contribution in [3.05, 3.63) is 53.9 Å². The molecular formula is C16H18N2O4. The summed E-state index contributed by atoms with van der Waals surface area (Å²) in [5.74, 6) is 0. The van der Waals surface area contributed by atoms with Crippen LogP contribution in [0.5, 0.6) is 0 Å². The number of rotatable bonds is 5. The Morgan fingerprint density at radius 2 is 2.09 bits per heavy atom. The maximum absolute atomic E-state index is 10.9. The quantitative estimate of drug-likeness (QED) is 0.784. The molecule has 0 radical (unpaired) electrons. The van der Waals surface area contributed by atoms with Crippen molar-refractivity contribution in [2.75, 3.05) is 13.6 Å². The van der Waals surface area contributed by atoms with E-state index in [1.165, 1.54) is 7.05 Å². The normalized spacial score (nSPS) is 12.0. The highest BCUT2D eigenvalue weighted by molar-refractivity contribution is 5.68. The smallest absolute Gasteiger partial charge is 0.407 e. The van der Waals surface area contributed by atoms with Crippen molar-refractivity contribution >= 4 is 6.09 Å². The Bertz CT molecular complexity index is 646. The molecule has 6 heteroatoms. The Morgan fingerprint density at radius 3 is 2.68 bits per heavy atom. The van der Waals surface area contributed by atoms with E-state index >= 15 is 0 Å². The first-order chi connectivity index (χ1) is 10.5. The zero-order chi connectivity index (χ0) is 16.1. The van der Waals surface area contributed by atoms with E-state index in [-0.39, 0.29) is 13.2 Å². The fraction of sp³-hybridized carbons (Fsp3) is 0.250. The van der Waals surface area contributed by atoms with Gasteiger partial charge in [-0.25, -0.2) is 4.79 Å². The van der Waals surface area contributed by atoms with Gasteiger partial charge in [-0.3, -0.25) is 4.98 Å². The van der Waals surface area contributed by atoms with Crippen molar-refractivity contribution in [3.63, 3.8) is 0 Å². The fourth-order valence-electron chi connectivity index (χ4n) is 2.32. The molecule has 1 atom stereocenters. The van der Waals surface area contributed by atoms with E-state index in [0.717, 1.165) is 16.0 Å². The number of aromatic nitrogens is 1. The minimum atomic E-state index is -1.12. The summed E-state index contributed by atoms with van der Waals surface area (Å²) in [6, 6.07) is 8.94. The Balaban J connectivity index is 2.39. The number of likely N-dealkylation sites (N-methyl/N-ethyl adjacent to an activating group) is 1. The van der Waals surface area contributed by atoms with Gasteiger partial charge in [-0.1, -0.05) is 24.3 Å². The van der Waals surface area contributed by atoms with Crippen LogP contribution in [0.3, 0.4) is 0 Å². The summed E-state index contributed by atoms with van der Waals surface area (Å²) < 4.78 is 0. The van der Waals surface area contributed by atoms with Crippen LogP contribution in [0.4, 0.5) is 4.79 Å². The van der Waals surface area contributed by atoms with Crippen molar-refractivity contribution in [2.45, 2.75) is 12.7 Å². The SMILES string of the molecule is CN(CC(O)c1cccc(-c2cccnc2)c1CO)C(=O)O. The maximum Gasteiger partial charge on any atom is 0.407 e. The van der Waals surface area contributed by atoms with Crippen LogP contribution >= 0.6 is 0 Å². The highest BCUT2D eigenvalue weighted by Crippen LogP contribution is 2.29. The highest BCUT2D eigenvalue weighted by Gasteiger charge is 2.19. The van der Waals surface area contributed by atoms with E-state index in [0.29, 0.717) is 11.1 Å². The van der Waals surface area contributed by atoms with Crippen LogP contribution in [0.2, 0.25) is 0 Å². The van der Waals surface area contributed by atoms with Gasteiger partial charge in [0.2, 0.25) is 0 Å². The molecule has 2 aromatic rings. The van der Waals surface area contributed by atoms with Crippen molar-refractivity contribution in [1.82, 2.24) is 9.88 Å². The first kappa shape index (κ1) is 15.9.